The lowest BCUT2D eigenvalue weighted by Gasteiger charge is -2.36. The highest BCUT2D eigenvalue weighted by Crippen LogP contribution is 2.26. The molecular formula is C33H35N7O3. The average Bonchev–Trinajstić information content (AvgIpc) is 3.18. The van der Waals surface area contributed by atoms with Crippen LogP contribution < -0.4 is 9.80 Å². The lowest BCUT2D eigenvalue weighted by atomic mass is 9.98. The van der Waals surface area contributed by atoms with E-state index in [2.05, 4.69) is 49.6 Å². The summed E-state index contributed by atoms with van der Waals surface area (Å²) in [7, 11) is 0. The Morgan fingerprint density at radius 3 is 2.42 bits per heavy atom. The molecule has 4 aromatic rings. The van der Waals surface area contributed by atoms with Crippen LogP contribution >= 0.6 is 0 Å². The number of carboxylic acid groups (broad SMARTS) is 1. The summed E-state index contributed by atoms with van der Waals surface area (Å²) in [6.07, 6.45) is 2.91. The Morgan fingerprint density at radius 1 is 0.953 bits per heavy atom. The number of anilines is 2. The van der Waals surface area contributed by atoms with Gasteiger partial charge in [0.1, 0.15) is 17.5 Å². The molecule has 1 unspecified atom stereocenters. The van der Waals surface area contributed by atoms with Gasteiger partial charge >= 0.3 is 5.97 Å². The lowest BCUT2D eigenvalue weighted by Crippen LogP contribution is -2.46. The number of aromatic carboxylic acids is 1. The normalized spacial score (nSPS) is 19.0. The Balaban J connectivity index is 1.02. The highest BCUT2D eigenvalue weighted by molar-refractivity contribution is 5.92. The molecule has 5 heterocycles. The number of benzene rings is 2. The van der Waals surface area contributed by atoms with Gasteiger partial charge < -0.3 is 24.2 Å². The molecule has 0 aliphatic carbocycles. The van der Waals surface area contributed by atoms with Crippen LogP contribution in [0.4, 0.5) is 11.6 Å². The Labute approximate surface area is 250 Å². The third kappa shape index (κ3) is 5.54. The van der Waals surface area contributed by atoms with Crippen molar-refractivity contribution in [1.29, 1.82) is 5.26 Å². The minimum absolute atomic E-state index is 0.145. The lowest BCUT2D eigenvalue weighted by molar-refractivity contribution is -0.0592. The van der Waals surface area contributed by atoms with Gasteiger partial charge in [0.15, 0.2) is 0 Å². The van der Waals surface area contributed by atoms with Crippen molar-refractivity contribution >= 4 is 28.6 Å². The molecule has 3 aliphatic rings. The van der Waals surface area contributed by atoms with E-state index in [1.54, 1.807) is 12.1 Å². The van der Waals surface area contributed by atoms with Crippen molar-refractivity contribution in [3.05, 3.63) is 82.7 Å². The predicted octanol–water partition coefficient (Wildman–Crippen LogP) is 3.72. The van der Waals surface area contributed by atoms with E-state index in [4.69, 9.17) is 14.7 Å². The van der Waals surface area contributed by atoms with E-state index in [0.29, 0.717) is 13.1 Å². The number of carbonyl (C=O) groups is 1. The Morgan fingerprint density at radius 2 is 1.70 bits per heavy atom. The second kappa shape index (κ2) is 11.7. The van der Waals surface area contributed by atoms with Gasteiger partial charge in [-0.25, -0.2) is 14.8 Å². The molecule has 1 N–H and O–H groups in total. The largest absolute Gasteiger partial charge is 0.478 e. The molecule has 3 aliphatic heterocycles. The molecule has 0 saturated carbocycles. The molecule has 2 saturated heterocycles. The van der Waals surface area contributed by atoms with Crippen molar-refractivity contribution in [3.63, 3.8) is 0 Å². The summed E-state index contributed by atoms with van der Waals surface area (Å²) in [6.45, 7) is 7.37. The SMILES string of the molecule is N#Cc1cccc2c1CCN(c1cccc(N3CCN(Cc4nc5ccc(C(=O)O)cc5n4CC4CCO4)CC3)n1)CC2. The second-order valence-corrected chi connectivity index (χ2v) is 11.6. The summed E-state index contributed by atoms with van der Waals surface area (Å²) in [5, 5.41) is 19.1. The molecular weight excluding hydrogens is 542 g/mol. The highest BCUT2D eigenvalue weighted by Gasteiger charge is 2.25. The molecule has 10 nitrogen and oxygen atoms in total. The minimum atomic E-state index is -0.932. The number of imidazole rings is 1. The van der Waals surface area contributed by atoms with E-state index >= 15 is 0 Å². The molecule has 43 heavy (non-hydrogen) atoms. The number of aromatic nitrogens is 3. The molecule has 1 atom stereocenters. The van der Waals surface area contributed by atoms with Gasteiger partial charge in [-0.3, -0.25) is 4.90 Å². The molecule has 220 valence electrons. The zero-order chi connectivity index (χ0) is 29.3. The highest BCUT2D eigenvalue weighted by atomic mass is 16.5. The van der Waals surface area contributed by atoms with Gasteiger partial charge in [-0.2, -0.15) is 5.26 Å². The van der Waals surface area contributed by atoms with E-state index in [-0.39, 0.29) is 11.7 Å². The van der Waals surface area contributed by atoms with Crippen LogP contribution in [0.3, 0.4) is 0 Å². The second-order valence-electron chi connectivity index (χ2n) is 11.6. The maximum absolute atomic E-state index is 11.6. The van der Waals surface area contributed by atoms with Gasteiger partial charge in [0, 0.05) is 45.9 Å². The van der Waals surface area contributed by atoms with Crippen molar-refractivity contribution in [2.75, 3.05) is 55.7 Å². The number of nitriles is 1. The van der Waals surface area contributed by atoms with Crippen LogP contribution in [0.25, 0.3) is 11.0 Å². The number of piperazine rings is 1. The number of rotatable bonds is 7. The molecule has 2 aromatic heterocycles. The zero-order valence-electron chi connectivity index (χ0n) is 24.2. The average molecular weight is 578 g/mol. The van der Waals surface area contributed by atoms with Crippen LogP contribution in [-0.2, 0) is 30.7 Å². The summed E-state index contributed by atoms with van der Waals surface area (Å²) >= 11 is 0. The monoisotopic (exact) mass is 577 g/mol. The van der Waals surface area contributed by atoms with Crippen molar-refractivity contribution in [3.8, 4) is 6.07 Å². The van der Waals surface area contributed by atoms with E-state index in [0.717, 1.165) is 99.2 Å². The van der Waals surface area contributed by atoms with Gasteiger partial charge in [-0.05, 0) is 66.8 Å². The minimum Gasteiger partial charge on any atom is -0.478 e. The quantitative estimate of drug-likeness (QED) is 0.351. The molecule has 0 spiro atoms. The smallest absolute Gasteiger partial charge is 0.335 e. The van der Waals surface area contributed by atoms with E-state index in [9.17, 15) is 15.2 Å². The molecule has 7 rings (SSSR count). The summed E-state index contributed by atoms with van der Waals surface area (Å²) in [4.78, 5) is 28.7. The molecule has 0 bridgehead atoms. The van der Waals surface area contributed by atoms with Gasteiger partial charge in [0.2, 0.25) is 0 Å². The molecule has 0 amide bonds. The van der Waals surface area contributed by atoms with Crippen LogP contribution in [0.15, 0.2) is 54.6 Å². The van der Waals surface area contributed by atoms with Gasteiger partial charge in [0.25, 0.3) is 0 Å². The first-order valence-corrected chi connectivity index (χ1v) is 15.1. The van der Waals surface area contributed by atoms with Gasteiger partial charge in [-0.1, -0.05) is 18.2 Å². The number of carboxylic acids is 1. The van der Waals surface area contributed by atoms with E-state index in [1.807, 2.05) is 18.2 Å². The van der Waals surface area contributed by atoms with E-state index < -0.39 is 5.97 Å². The van der Waals surface area contributed by atoms with Crippen LogP contribution in [0.1, 0.15) is 39.3 Å². The number of nitrogens with zero attached hydrogens (tertiary/aromatic N) is 7. The summed E-state index contributed by atoms with van der Waals surface area (Å²) in [5.41, 5.74) is 5.18. The molecule has 10 heteroatoms. The fourth-order valence-corrected chi connectivity index (χ4v) is 6.47. The van der Waals surface area contributed by atoms with Crippen LogP contribution in [-0.4, -0.2) is 82.5 Å². The number of pyridine rings is 1. The summed E-state index contributed by atoms with van der Waals surface area (Å²) in [5.74, 6) is 1.99. The van der Waals surface area contributed by atoms with Crippen molar-refractivity contribution in [2.45, 2.75) is 38.5 Å². The van der Waals surface area contributed by atoms with Crippen molar-refractivity contribution < 1.29 is 14.6 Å². The number of fused-ring (bicyclic) bond motifs is 2. The third-order valence-corrected chi connectivity index (χ3v) is 9.04. The molecule has 0 radical (unpaired) electrons. The fraction of sp³-hybridized carbons (Fsp3) is 0.394. The van der Waals surface area contributed by atoms with Crippen molar-refractivity contribution in [1.82, 2.24) is 19.4 Å². The number of hydrogen-bond acceptors (Lipinski definition) is 8. The van der Waals surface area contributed by atoms with Crippen LogP contribution in [0.2, 0.25) is 0 Å². The third-order valence-electron chi connectivity index (χ3n) is 9.04. The van der Waals surface area contributed by atoms with Crippen LogP contribution in [0.5, 0.6) is 0 Å². The fourth-order valence-electron chi connectivity index (χ4n) is 6.47. The van der Waals surface area contributed by atoms with Gasteiger partial charge in [-0.15, -0.1) is 0 Å². The predicted molar refractivity (Wildman–Crippen MR) is 164 cm³/mol. The topological polar surface area (TPSA) is 111 Å². The maximum atomic E-state index is 11.6. The Hall–Kier alpha value is -4.46. The summed E-state index contributed by atoms with van der Waals surface area (Å²) < 4.78 is 7.87. The van der Waals surface area contributed by atoms with Gasteiger partial charge in [0.05, 0.1) is 47.4 Å². The Kier molecular flexibility index (Phi) is 7.43. The first-order chi connectivity index (χ1) is 21.1. The summed E-state index contributed by atoms with van der Waals surface area (Å²) in [6, 6.07) is 19.9. The van der Waals surface area contributed by atoms with E-state index in [1.165, 1.54) is 11.1 Å². The number of hydrogen-bond donors (Lipinski definition) is 1. The molecule has 2 aromatic carbocycles. The first-order valence-electron chi connectivity index (χ1n) is 15.1. The molecule has 2 fully saturated rings. The standard InChI is InChI=1S/C33H35N7O3/c34-20-25-4-1-3-23-9-12-38(13-10-27(23)25)30-5-2-6-31(36-30)39-16-14-37(15-17-39)22-32-35-28-8-7-24(33(41)42)19-29(28)40(32)21-26-11-18-43-26/h1-8,19,26H,9-18,21-22H2,(H,41,42). The van der Waals surface area contributed by atoms with Crippen LogP contribution in [0, 0.1) is 11.3 Å². The maximum Gasteiger partial charge on any atom is 0.335 e. The zero-order valence-corrected chi connectivity index (χ0v) is 24.2. The van der Waals surface area contributed by atoms with Crippen molar-refractivity contribution in [2.24, 2.45) is 0 Å². The first kappa shape index (κ1) is 27.4. The Bertz CT molecular complexity index is 1700. The number of ether oxygens (including phenoxy) is 1.